The summed E-state index contributed by atoms with van der Waals surface area (Å²) < 4.78 is 65.8. The fourth-order valence-electron chi connectivity index (χ4n) is 1.78. The summed E-state index contributed by atoms with van der Waals surface area (Å²) in [6, 6.07) is 3.79. The maximum Gasteiger partial charge on any atom is 0.433 e. The lowest BCUT2D eigenvalue weighted by Gasteiger charge is -2.15. The molecule has 1 aromatic carbocycles. The van der Waals surface area contributed by atoms with E-state index >= 15 is 0 Å². The predicted octanol–water partition coefficient (Wildman–Crippen LogP) is 4.73. The second-order valence-corrected chi connectivity index (χ2v) is 5.14. The number of anilines is 3. The van der Waals surface area contributed by atoms with Crippen molar-refractivity contribution in [2.45, 2.75) is 32.5 Å². The second-order valence-electron chi connectivity index (χ2n) is 5.14. The summed E-state index contributed by atoms with van der Waals surface area (Å²) in [5.74, 6) is -2.88. The molecule has 1 aromatic heterocycles. The quantitative estimate of drug-likeness (QED) is 0.769. The van der Waals surface area contributed by atoms with Crippen molar-refractivity contribution in [3.05, 3.63) is 41.6 Å². The maximum absolute atomic E-state index is 13.7. The molecule has 0 amide bonds. The number of hydrogen-bond acceptors (Lipinski definition) is 4. The Morgan fingerprint density at radius 1 is 1.17 bits per heavy atom. The zero-order valence-electron chi connectivity index (χ0n) is 12.9. The first-order valence-corrected chi connectivity index (χ1v) is 7.14. The van der Waals surface area contributed by atoms with Gasteiger partial charge in [0, 0.05) is 12.1 Å². The summed E-state index contributed by atoms with van der Waals surface area (Å²) in [5, 5.41) is 5.08. The fourth-order valence-corrected chi connectivity index (χ4v) is 1.78. The molecule has 0 aliphatic heterocycles. The lowest BCUT2D eigenvalue weighted by Crippen LogP contribution is -2.19. The van der Waals surface area contributed by atoms with Gasteiger partial charge in [0.05, 0.1) is 5.69 Å². The van der Waals surface area contributed by atoms with Crippen LogP contribution in [0.25, 0.3) is 0 Å². The van der Waals surface area contributed by atoms with E-state index < -0.39 is 23.5 Å². The van der Waals surface area contributed by atoms with Gasteiger partial charge in [-0.25, -0.2) is 13.8 Å². The molecule has 0 spiro atoms. The zero-order chi connectivity index (χ0) is 17.9. The monoisotopic (exact) mass is 346 g/mol. The summed E-state index contributed by atoms with van der Waals surface area (Å²) in [5.41, 5.74) is -1.51. The highest BCUT2D eigenvalue weighted by Crippen LogP contribution is 2.31. The Morgan fingerprint density at radius 3 is 2.50 bits per heavy atom. The van der Waals surface area contributed by atoms with Gasteiger partial charge in [-0.3, -0.25) is 0 Å². The van der Waals surface area contributed by atoms with Crippen LogP contribution < -0.4 is 10.6 Å². The van der Waals surface area contributed by atoms with Crippen LogP contribution in [0.15, 0.2) is 24.3 Å². The Kier molecular flexibility index (Phi) is 5.20. The number of alkyl halides is 3. The van der Waals surface area contributed by atoms with Crippen LogP contribution >= 0.6 is 0 Å². The van der Waals surface area contributed by atoms with Gasteiger partial charge in [-0.05, 0) is 25.5 Å². The van der Waals surface area contributed by atoms with Crippen molar-refractivity contribution in [1.82, 2.24) is 9.97 Å². The normalized spacial score (nSPS) is 12.8. The summed E-state index contributed by atoms with van der Waals surface area (Å²) >= 11 is 0. The molecule has 1 heterocycles. The van der Waals surface area contributed by atoms with E-state index in [9.17, 15) is 22.0 Å². The molecule has 0 fully saturated rings. The zero-order valence-corrected chi connectivity index (χ0v) is 12.9. The molecule has 1 atom stereocenters. The van der Waals surface area contributed by atoms with Gasteiger partial charge in [0.1, 0.15) is 5.82 Å². The van der Waals surface area contributed by atoms with Crippen LogP contribution in [0.4, 0.5) is 39.4 Å². The van der Waals surface area contributed by atoms with Crippen LogP contribution in [-0.2, 0) is 6.18 Å². The van der Waals surface area contributed by atoms with E-state index in [2.05, 4.69) is 20.6 Å². The SMILES string of the molecule is CC[C@@H](C)Nc1nc(Nc2cccc(F)c2F)cc(C(F)(F)F)n1. The standard InChI is InChI=1S/C15H15F5N4/c1-3-8(2)21-14-23-11(15(18,19)20)7-12(24-14)22-10-6-4-5-9(16)13(10)17/h4-8H,3H2,1-2H3,(H2,21,22,23,24)/t8-/m1/s1. The van der Waals surface area contributed by atoms with E-state index in [0.717, 1.165) is 6.07 Å². The third-order valence-electron chi connectivity index (χ3n) is 3.22. The van der Waals surface area contributed by atoms with E-state index in [1.165, 1.54) is 12.1 Å². The third-order valence-corrected chi connectivity index (χ3v) is 3.22. The van der Waals surface area contributed by atoms with Crippen LogP contribution in [0.3, 0.4) is 0 Å². The number of benzene rings is 1. The molecule has 130 valence electrons. The van der Waals surface area contributed by atoms with E-state index in [1.807, 2.05) is 6.92 Å². The van der Waals surface area contributed by atoms with Crippen LogP contribution in [0.2, 0.25) is 0 Å². The maximum atomic E-state index is 13.7. The Morgan fingerprint density at radius 2 is 1.88 bits per heavy atom. The Labute approximate surface area is 135 Å². The number of nitrogens with zero attached hydrogens (tertiary/aromatic N) is 2. The highest BCUT2D eigenvalue weighted by molar-refractivity contribution is 5.58. The number of aromatic nitrogens is 2. The van der Waals surface area contributed by atoms with Crippen molar-refractivity contribution in [2.24, 2.45) is 0 Å². The molecule has 0 aliphatic rings. The molecule has 0 saturated carbocycles. The molecule has 2 rings (SSSR count). The minimum absolute atomic E-state index is 0.160. The van der Waals surface area contributed by atoms with Gasteiger partial charge in [0.15, 0.2) is 17.3 Å². The fraction of sp³-hybridized carbons (Fsp3) is 0.333. The molecule has 0 aliphatic carbocycles. The topological polar surface area (TPSA) is 49.8 Å². The minimum Gasteiger partial charge on any atom is -0.352 e. The van der Waals surface area contributed by atoms with Gasteiger partial charge >= 0.3 is 6.18 Å². The first kappa shape index (κ1) is 17.9. The Bertz CT molecular complexity index is 717. The Balaban J connectivity index is 2.41. The largest absolute Gasteiger partial charge is 0.433 e. The second kappa shape index (κ2) is 6.98. The number of rotatable bonds is 5. The first-order chi connectivity index (χ1) is 11.2. The Hall–Kier alpha value is -2.45. The van der Waals surface area contributed by atoms with Crippen molar-refractivity contribution in [2.75, 3.05) is 10.6 Å². The van der Waals surface area contributed by atoms with Crippen molar-refractivity contribution in [3.8, 4) is 0 Å². The van der Waals surface area contributed by atoms with Gasteiger partial charge in [-0.1, -0.05) is 13.0 Å². The highest BCUT2D eigenvalue weighted by atomic mass is 19.4. The number of hydrogen-bond donors (Lipinski definition) is 2. The summed E-state index contributed by atoms with van der Waals surface area (Å²) in [6.07, 6.45) is -4.06. The molecule has 0 bridgehead atoms. The molecule has 2 aromatic rings. The van der Waals surface area contributed by atoms with Gasteiger partial charge in [-0.2, -0.15) is 18.2 Å². The van der Waals surface area contributed by atoms with Gasteiger partial charge < -0.3 is 10.6 Å². The highest BCUT2D eigenvalue weighted by Gasteiger charge is 2.34. The van der Waals surface area contributed by atoms with Crippen LogP contribution in [0, 0.1) is 11.6 Å². The third kappa shape index (κ3) is 4.30. The molecular formula is C15H15F5N4. The molecule has 24 heavy (non-hydrogen) atoms. The van der Waals surface area contributed by atoms with Gasteiger partial charge in [0.2, 0.25) is 5.95 Å². The average Bonchev–Trinajstić information content (AvgIpc) is 2.50. The van der Waals surface area contributed by atoms with E-state index in [-0.39, 0.29) is 23.5 Å². The van der Waals surface area contributed by atoms with E-state index in [4.69, 9.17) is 0 Å². The molecular weight excluding hydrogens is 331 g/mol. The summed E-state index contributed by atoms with van der Waals surface area (Å²) in [4.78, 5) is 7.30. The van der Waals surface area contributed by atoms with Crippen LogP contribution in [0.5, 0.6) is 0 Å². The van der Waals surface area contributed by atoms with Gasteiger partial charge in [-0.15, -0.1) is 0 Å². The van der Waals surface area contributed by atoms with Crippen molar-refractivity contribution < 1.29 is 22.0 Å². The summed E-state index contributed by atoms with van der Waals surface area (Å²) in [6.45, 7) is 3.59. The van der Waals surface area contributed by atoms with Crippen LogP contribution in [0.1, 0.15) is 26.0 Å². The molecule has 0 saturated heterocycles. The van der Waals surface area contributed by atoms with Crippen molar-refractivity contribution >= 4 is 17.5 Å². The van der Waals surface area contributed by atoms with Crippen LogP contribution in [-0.4, -0.2) is 16.0 Å². The molecule has 9 heteroatoms. The number of nitrogens with one attached hydrogen (secondary N) is 2. The molecule has 0 unspecified atom stereocenters. The minimum atomic E-state index is -4.70. The van der Waals surface area contributed by atoms with E-state index in [1.54, 1.807) is 6.92 Å². The first-order valence-electron chi connectivity index (χ1n) is 7.14. The lowest BCUT2D eigenvalue weighted by atomic mass is 10.2. The smallest absolute Gasteiger partial charge is 0.352 e. The average molecular weight is 346 g/mol. The molecule has 0 radical (unpaired) electrons. The summed E-state index contributed by atoms with van der Waals surface area (Å²) in [7, 11) is 0. The molecule has 2 N–H and O–H groups in total. The van der Waals surface area contributed by atoms with E-state index in [0.29, 0.717) is 12.5 Å². The molecule has 4 nitrogen and oxygen atoms in total. The van der Waals surface area contributed by atoms with Gasteiger partial charge in [0.25, 0.3) is 0 Å². The van der Waals surface area contributed by atoms with Crippen molar-refractivity contribution in [3.63, 3.8) is 0 Å². The lowest BCUT2D eigenvalue weighted by molar-refractivity contribution is -0.141. The predicted molar refractivity (Wildman–Crippen MR) is 80.1 cm³/mol. The van der Waals surface area contributed by atoms with Crippen molar-refractivity contribution in [1.29, 1.82) is 0 Å². The number of halogens is 5.